The number of hydrogen-bond acceptors (Lipinski definition) is 2. The summed E-state index contributed by atoms with van der Waals surface area (Å²) in [6.45, 7) is 1.93. The predicted octanol–water partition coefficient (Wildman–Crippen LogP) is 3.72. The third-order valence-electron chi connectivity index (χ3n) is 4.23. The molecular weight excluding hydrogens is 348 g/mol. The average Bonchev–Trinajstić information content (AvgIpc) is 2.48. The summed E-state index contributed by atoms with van der Waals surface area (Å²) in [6, 6.07) is 5.42. The van der Waals surface area contributed by atoms with E-state index in [0.29, 0.717) is 16.5 Å². The molecule has 1 fully saturated rings. The van der Waals surface area contributed by atoms with Crippen LogP contribution in [0.5, 0.6) is 0 Å². The van der Waals surface area contributed by atoms with Crippen molar-refractivity contribution in [1.82, 2.24) is 5.32 Å². The Hall–Kier alpha value is -0.940. The molecule has 0 spiro atoms. The fraction of sp³-hybridized carbons (Fsp3) is 0.500. The quantitative estimate of drug-likeness (QED) is 0.796. The predicted molar refractivity (Wildman–Crippen MR) is 93.5 cm³/mol. The van der Waals surface area contributed by atoms with Crippen LogP contribution < -0.4 is 11.1 Å². The second kappa shape index (κ2) is 7.36. The highest BCUT2D eigenvalue weighted by Crippen LogP contribution is 2.27. The van der Waals surface area contributed by atoms with E-state index in [1.807, 2.05) is 25.1 Å². The van der Waals surface area contributed by atoms with Gasteiger partial charge < -0.3 is 11.1 Å². The first-order valence-corrected chi connectivity index (χ1v) is 8.56. The van der Waals surface area contributed by atoms with Crippen molar-refractivity contribution in [2.24, 2.45) is 11.7 Å². The number of benzene rings is 1. The minimum absolute atomic E-state index is 0.0998. The van der Waals surface area contributed by atoms with Crippen LogP contribution in [-0.4, -0.2) is 16.9 Å². The Kier molecular flexibility index (Phi) is 5.76. The molecule has 1 aromatic rings. The summed E-state index contributed by atoms with van der Waals surface area (Å²) in [7, 11) is 0. The van der Waals surface area contributed by atoms with Crippen molar-refractivity contribution in [2.45, 2.75) is 45.1 Å². The Labute approximate surface area is 139 Å². The van der Waals surface area contributed by atoms with E-state index in [0.717, 1.165) is 22.9 Å². The number of amides is 1. The van der Waals surface area contributed by atoms with Crippen molar-refractivity contribution in [2.75, 3.05) is 0 Å². The van der Waals surface area contributed by atoms with Crippen molar-refractivity contribution < 1.29 is 4.79 Å². The van der Waals surface area contributed by atoms with E-state index in [1.54, 1.807) is 0 Å². The Balaban J connectivity index is 2.14. The highest BCUT2D eigenvalue weighted by atomic mass is 79.9. The summed E-state index contributed by atoms with van der Waals surface area (Å²) in [4.78, 5) is 12.9. The molecule has 0 saturated heterocycles. The number of rotatable bonds is 4. The molecule has 3 nitrogen and oxygen atoms in total. The van der Waals surface area contributed by atoms with Crippen LogP contribution in [0.4, 0.5) is 0 Å². The summed E-state index contributed by atoms with van der Waals surface area (Å²) in [5, 5.41) is 3.04. The van der Waals surface area contributed by atoms with Crippen molar-refractivity contribution in [3.8, 4) is 0 Å². The molecule has 114 valence electrons. The summed E-state index contributed by atoms with van der Waals surface area (Å²) in [5.74, 6) is 0.268. The van der Waals surface area contributed by atoms with Crippen LogP contribution in [0.15, 0.2) is 22.7 Å². The van der Waals surface area contributed by atoms with Gasteiger partial charge in [0.05, 0.1) is 11.0 Å². The van der Waals surface area contributed by atoms with Crippen LogP contribution in [0.25, 0.3) is 0 Å². The molecule has 1 aliphatic carbocycles. The molecule has 0 heterocycles. The molecule has 2 rings (SSSR count). The third kappa shape index (κ3) is 4.04. The number of nitrogens with one attached hydrogen (secondary N) is 1. The number of nitrogens with two attached hydrogens (primary N) is 1. The summed E-state index contributed by atoms with van der Waals surface area (Å²) in [5.41, 5.74) is 7.47. The van der Waals surface area contributed by atoms with E-state index in [2.05, 4.69) is 21.2 Å². The Morgan fingerprint density at radius 1 is 1.38 bits per heavy atom. The largest absolute Gasteiger partial charge is 0.392 e. The zero-order valence-electron chi connectivity index (χ0n) is 12.2. The number of halogens is 1. The molecule has 0 aliphatic heterocycles. The smallest absolute Gasteiger partial charge is 0.252 e. The van der Waals surface area contributed by atoms with Gasteiger partial charge in [-0.3, -0.25) is 4.79 Å². The topological polar surface area (TPSA) is 55.1 Å². The molecule has 5 heteroatoms. The molecule has 1 aromatic carbocycles. The Bertz CT molecular complexity index is 541. The van der Waals surface area contributed by atoms with Gasteiger partial charge in [0.1, 0.15) is 0 Å². The van der Waals surface area contributed by atoms with Gasteiger partial charge in [0, 0.05) is 10.0 Å². The van der Waals surface area contributed by atoms with Crippen molar-refractivity contribution >= 4 is 39.0 Å². The second-order valence-electron chi connectivity index (χ2n) is 5.66. The van der Waals surface area contributed by atoms with E-state index in [1.165, 1.54) is 19.3 Å². The minimum atomic E-state index is -0.203. The van der Waals surface area contributed by atoms with Gasteiger partial charge in [0.25, 0.3) is 5.91 Å². The highest BCUT2D eigenvalue weighted by Gasteiger charge is 2.27. The highest BCUT2D eigenvalue weighted by molar-refractivity contribution is 9.10. The lowest BCUT2D eigenvalue weighted by molar-refractivity contribution is 0.0931. The first-order chi connectivity index (χ1) is 10.0. The first kappa shape index (κ1) is 16.4. The molecule has 1 unspecified atom stereocenters. The number of carbonyl (C=O) groups excluding carboxylic acids is 1. The van der Waals surface area contributed by atoms with Crippen molar-refractivity contribution in [1.29, 1.82) is 0 Å². The van der Waals surface area contributed by atoms with Crippen molar-refractivity contribution in [3.05, 3.63) is 33.8 Å². The molecule has 0 aromatic heterocycles. The normalized spacial score (nSPS) is 17.2. The monoisotopic (exact) mass is 368 g/mol. The fourth-order valence-electron chi connectivity index (χ4n) is 2.96. The van der Waals surface area contributed by atoms with Gasteiger partial charge in [0.15, 0.2) is 0 Å². The van der Waals surface area contributed by atoms with Gasteiger partial charge in [-0.25, -0.2) is 0 Å². The van der Waals surface area contributed by atoms with Gasteiger partial charge in [-0.05, 0) is 43.4 Å². The molecular formula is C16H21BrN2OS. The summed E-state index contributed by atoms with van der Waals surface area (Å²) < 4.78 is 0.930. The molecule has 1 atom stereocenters. The van der Waals surface area contributed by atoms with Gasteiger partial charge in [-0.15, -0.1) is 0 Å². The summed E-state index contributed by atoms with van der Waals surface area (Å²) >= 11 is 8.63. The van der Waals surface area contributed by atoms with E-state index >= 15 is 0 Å². The van der Waals surface area contributed by atoms with E-state index in [-0.39, 0.29) is 11.9 Å². The molecule has 0 radical (unpaired) electrons. The van der Waals surface area contributed by atoms with Crippen LogP contribution >= 0.6 is 28.1 Å². The maximum atomic E-state index is 12.5. The molecule has 3 N–H and O–H groups in total. The SMILES string of the molecule is Cc1c(Br)cccc1C(=O)NC(C(N)=S)C1CCCCC1. The Morgan fingerprint density at radius 2 is 2.05 bits per heavy atom. The first-order valence-electron chi connectivity index (χ1n) is 7.36. The minimum Gasteiger partial charge on any atom is -0.392 e. The lowest BCUT2D eigenvalue weighted by Crippen LogP contribution is -2.49. The maximum Gasteiger partial charge on any atom is 0.252 e. The molecule has 1 saturated carbocycles. The maximum absolute atomic E-state index is 12.5. The zero-order valence-corrected chi connectivity index (χ0v) is 14.6. The summed E-state index contributed by atoms with van der Waals surface area (Å²) in [6.07, 6.45) is 5.81. The molecule has 1 aliphatic rings. The van der Waals surface area contributed by atoms with E-state index < -0.39 is 0 Å². The standard InChI is InChI=1S/C16H21BrN2OS/c1-10-12(8-5-9-13(10)17)16(20)19-14(15(18)21)11-6-3-2-4-7-11/h5,8-9,11,14H,2-4,6-7H2,1H3,(H2,18,21)(H,19,20). The Morgan fingerprint density at radius 3 is 2.67 bits per heavy atom. The third-order valence-corrected chi connectivity index (χ3v) is 5.34. The van der Waals surface area contributed by atoms with Gasteiger partial charge in [-0.2, -0.15) is 0 Å². The van der Waals surface area contributed by atoms with E-state index in [9.17, 15) is 4.79 Å². The second-order valence-corrected chi connectivity index (χ2v) is 6.99. The zero-order chi connectivity index (χ0) is 15.4. The average molecular weight is 369 g/mol. The molecule has 21 heavy (non-hydrogen) atoms. The number of thiocarbonyl (C=S) groups is 1. The van der Waals surface area contributed by atoms with Crippen LogP contribution in [0.1, 0.15) is 48.0 Å². The molecule has 1 amide bonds. The van der Waals surface area contributed by atoms with Crippen LogP contribution in [-0.2, 0) is 0 Å². The van der Waals surface area contributed by atoms with Crippen LogP contribution in [0.2, 0.25) is 0 Å². The van der Waals surface area contributed by atoms with Gasteiger partial charge >= 0.3 is 0 Å². The fourth-order valence-corrected chi connectivity index (χ4v) is 3.58. The lowest BCUT2D eigenvalue weighted by Gasteiger charge is -2.30. The van der Waals surface area contributed by atoms with Crippen LogP contribution in [0, 0.1) is 12.8 Å². The van der Waals surface area contributed by atoms with E-state index in [4.69, 9.17) is 18.0 Å². The molecule has 0 bridgehead atoms. The lowest BCUT2D eigenvalue weighted by atomic mass is 9.83. The van der Waals surface area contributed by atoms with Crippen LogP contribution in [0.3, 0.4) is 0 Å². The number of hydrogen-bond donors (Lipinski definition) is 2. The van der Waals surface area contributed by atoms with Gasteiger partial charge in [0.2, 0.25) is 0 Å². The number of carbonyl (C=O) groups is 1. The van der Waals surface area contributed by atoms with Crippen molar-refractivity contribution in [3.63, 3.8) is 0 Å². The van der Waals surface area contributed by atoms with Gasteiger partial charge in [-0.1, -0.05) is 53.5 Å².